The Morgan fingerprint density at radius 3 is 1.12 bits per heavy atom. The van der Waals surface area contributed by atoms with Crippen LogP contribution in [0.3, 0.4) is 0 Å². The smallest absolute Gasteiger partial charge is 0.358 e. The molecule has 0 saturated heterocycles. The summed E-state index contributed by atoms with van der Waals surface area (Å²) in [4.78, 5) is 15.6. The zero-order valence-corrected chi connectivity index (χ0v) is 16.4. The minimum Gasteiger partial charge on any atom is -0.358 e. The Morgan fingerprint density at radius 2 is 0.880 bits per heavy atom. The molecule has 0 saturated carbocycles. The van der Waals surface area contributed by atoms with Crippen molar-refractivity contribution < 1.29 is 19.5 Å². The minimum atomic E-state index is 0. The number of hydrogen-bond acceptors (Lipinski definition) is 4. The van der Waals surface area contributed by atoms with E-state index in [2.05, 4.69) is 19.9 Å². The number of nitrogens with zero attached hydrogens (tertiary/aromatic N) is 4. The molecule has 0 aromatic carbocycles. The summed E-state index contributed by atoms with van der Waals surface area (Å²) in [5.74, 6) is 0. The van der Waals surface area contributed by atoms with Gasteiger partial charge in [0.25, 0.3) is 0 Å². The second-order valence-corrected chi connectivity index (χ2v) is 5.11. The van der Waals surface area contributed by atoms with Crippen LogP contribution in [-0.2, 0) is 39.1 Å². The Labute approximate surface area is 164 Å². The first-order valence-corrected chi connectivity index (χ1v) is 7.32. The van der Waals surface area contributed by atoms with Gasteiger partial charge >= 0.3 is 19.5 Å². The van der Waals surface area contributed by atoms with Crippen molar-refractivity contribution in [3.05, 3.63) is 105 Å². The zero-order chi connectivity index (χ0) is 15.0. The summed E-state index contributed by atoms with van der Waals surface area (Å²) in [7, 11) is 0. The van der Waals surface area contributed by atoms with Crippen molar-refractivity contribution >= 4 is 0 Å². The molecule has 0 spiro atoms. The van der Waals surface area contributed by atoms with Gasteiger partial charge < -0.3 is 14.9 Å². The van der Waals surface area contributed by atoms with E-state index in [1.807, 2.05) is 73.2 Å². The molecule has 25 heavy (non-hydrogen) atoms. The molecule has 0 atom stereocenters. The molecule has 0 aliphatic rings. The van der Waals surface area contributed by atoms with Gasteiger partial charge in [-0.05, 0) is 36.4 Å². The van der Waals surface area contributed by atoms with Crippen LogP contribution in [0.25, 0.3) is 0 Å². The molecule has 0 unspecified atom stereocenters. The fourth-order valence-electron chi connectivity index (χ4n) is 2.33. The standard InChI is InChI=1S/C18H18N4.2CH3.Ru/c1-4-10-19-16(7-1)13-22(14-17-8-2-5-11-20-17)15-18-9-3-6-12-21-18;;;/h1-12H,13-15H2;2*1H3;/q;2*-1;+3. The molecule has 3 heterocycles. The fourth-order valence-corrected chi connectivity index (χ4v) is 2.33. The minimum absolute atomic E-state index is 0. The SMILES string of the molecule is [CH3-].[CH3-].[Ru+3].c1ccc(CN(Cc2ccccn2)Cc2ccccn2)nc1. The van der Waals surface area contributed by atoms with Crippen LogP contribution < -0.4 is 0 Å². The van der Waals surface area contributed by atoms with Crippen LogP contribution in [0.5, 0.6) is 0 Å². The summed E-state index contributed by atoms with van der Waals surface area (Å²) in [5.41, 5.74) is 3.15. The van der Waals surface area contributed by atoms with Crippen molar-refractivity contribution in [1.82, 2.24) is 19.9 Å². The van der Waals surface area contributed by atoms with E-state index < -0.39 is 0 Å². The molecule has 131 valence electrons. The Bertz CT molecular complexity index is 579. The summed E-state index contributed by atoms with van der Waals surface area (Å²) in [5, 5.41) is 0. The van der Waals surface area contributed by atoms with Crippen molar-refractivity contribution in [3.8, 4) is 0 Å². The van der Waals surface area contributed by atoms with Gasteiger partial charge in [0.1, 0.15) is 0 Å². The molecule has 3 aromatic heterocycles. The largest absolute Gasteiger partial charge is 3.00 e. The Balaban J connectivity index is 0.00000192. The number of hydrogen-bond donors (Lipinski definition) is 0. The van der Waals surface area contributed by atoms with Crippen molar-refractivity contribution in [3.63, 3.8) is 0 Å². The molecule has 0 fully saturated rings. The van der Waals surface area contributed by atoms with Crippen molar-refractivity contribution in [2.45, 2.75) is 19.6 Å². The average molecular weight is 422 g/mol. The molecule has 0 bridgehead atoms. The van der Waals surface area contributed by atoms with Crippen LogP contribution in [0.15, 0.2) is 73.2 Å². The first kappa shape index (κ1) is 23.0. The van der Waals surface area contributed by atoms with Crippen LogP contribution in [0.4, 0.5) is 0 Å². The molecular formula is C20H24N4Ru+. The molecule has 0 aliphatic heterocycles. The second-order valence-electron chi connectivity index (χ2n) is 5.11. The maximum Gasteiger partial charge on any atom is 3.00 e. The summed E-state index contributed by atoms with van der Waals surface area (Å²) >= 11 is 0. The number of rotatable bonds is 6. The molecule has 4 nitrogen and oxygen atoms in total. The van der Waals surface area contributed by atoms with Crippen LogP contribution >= 0.6 is 0 Å². The number of pyridine rings is 3. The Morgan fingerprint density at radius 1 is 0.560 bits per heavy atom. The summed E-state index contributed by atoms with van der Waals surface area (Å²) in [6.45, 7) is 2.32. The molecule has 5 heteroatoms. The number of aromatic nitrogens is 3. The summed E-state index contributed by atoms with van der Waals surface area (Å²) in [6, 6.07) is 18.0. The fraction of sp³-hybridized carbons (Fsp3) is 0.150. The van der Waals surface area contributed by atoms with Crippen molar-refractivity contribution in [2.24, 2.45) is 0 Å². The molecular weight excluding hydrogens is 397 g/mol. The van der Waals surface area contributed by atoms with Crippen LogP contribution in [0, 0.1) is 14.9 Å². The van der Waals surface area contributed by atoms with Gasteiger partial charge in [-0.1, -0.05) is 18.2 Å². The third-order valence-corrected chi connectivity index (χ3v) is 3.34. The van der Waals surface area contributed by atoms with E-state index >= 15 is 0 Å². The van der Waals surface area contributed by atoms with Gasteiger partial charge in [-0.15, -0.1) is 0 Å². The monoisotopic (exact) mass is 422 g/mol. The van der Waals surface area contributed by atoms with Crippen molar-refractivity contribution in [2.75, 3.05) is 0 Å². The quantitative estimate of drug-likeness (QED) is 0.446. The van der Waals surface area contributed by atoms with Gasteiger partial charge in [-0.3, -0.25) is 19.9 Å². The maximum absolute atomic E-state index is 4.42. The van der Waals surface area contributed by atoms with E-state index in [0.29, 0.717) is 0 Å². The molecule has 0 amide bonds. The molecule has 0 N–H and O–H groups in total. The maximum atomic E-state index is 4.42. The average Bonchev–Trinajstić information content (AvgIpc) is 2.57. The molecule has 3 aromatic rings. The van der Waals surface area contributed by atoms with E-state index in [-0.39, 0.29) is 34.3 Å². The van der Waals surface area contributed by atoms with Crippen molar-refractivity contribution in [1.29, 1.82) is 0 Å². The Kier molecular flexibility index (Phi) is 11.4. The van der Waals surface area contributed by atoms with Gasteiger partial charge in [0.15, 0.2) is 0 Å². The predicted octanol–water partition coefficient (Wildman–Crippen LogP) is 3.97. The Hall–Kier alpha value is -1.97. The van der Waals surface area contributed by atoms with Gasteiger partial charge in [0.2, 0.25) is 0 Å². The van der Waals surface area contributed by atoms with Gasteiger partial charge in [-0.25, -0.2) is 0 Å². The van der Waals surface area contributed by atoms with E-state index in [9.17, 15) is 0 Å². The van der Waals surface area contributed by atoms with Crippen LogP contribution in [0.1, 0.15) is 17.1 Å². The summed E-state index contributed by atoms with van der Waals surface area (Å²) < 4.78 is 0. The topological polar surface area (TPSA) is 41.9 Å². The molecule has 0 aliphatic carbocycles. The predicted molar refractivity (Wildman–Crippen MR) is 98.5 cm³/mol. The van der Waals surface area contributed by atoms with Gasteiger partial charge in [0, 0.05) is 38.2 Å². The molecule has 1 radical (unpaired) electrons. The third kappa shape index (κ3) is 7.63. The summed E-state index contributed by atoms with van der Waals surface area (Å²) in [6.07, 6.45) is 5.49. The molecule has 3 rings (SSSR count). The van der Waals surface area contributed by atoms with Crippen LogP contribution in [0.2, 0.25) is 0 Å². The van der Waals surface area contributed by atoms with E-state index in [1.54, 1.807) is 0 Å². The normalized spacial score (nSPS) is 9.48. The van der Waals surface area contributed by atoms with E-state index in [1.165, 1.54) is 0 Å². The van der Waals surface area contributed by atoms with E-state index in [0.717, 1.165) is 36.7 Å². The zero-order valence-electron chi connectivity index (χ0n) is 14.7. The van der Waals surface area contributed by atoms with Gasteiger partial charge in [0.05, 0.1) is 17.1 Å². The second kappa shape index (κ2) is 12.4. The van der Waals surface area contributed by atoms with Crippen LogP contribution in [-0.4, -0.2) is 19.9 Å². The first-order valence-electron chi connectivity index (χ1n) is 7.32. The third-order valence-electron chi connectivity index (χ3n) is 3.34. The van der Waals surface area contributed by atoms with E-state index in [4.69, 9.17) is 0 Å². The first-order chi connectivity index (χ1) is 10.9. The van der Waals surface area contributed by atoms with Gasteiger partial charge in [-0.2, -0.15) is 0 Å².